The SMILES string of the molecule is COc1ccc(C2C3=C(CCCC3=O)N(c3ccc(Br)cc3)C3=C2C(=O)CCC3)cc1. The fourth-order valence-electron chi connectivity index (χ4n) is 5.15. The van der Waals surface area contributed by atoms with Crippen molar-refractivity contribution in [2.75, 3.05) is 12.0 Å². The minimum atomic E-state index is -0.289. The number of Topliss-reactive ketones (excluding diaryl/α,β-unsaturated/α-hetero) is 2. The number of allylic oxidation sites excluding steroid dienone is 4. The van der Waals surface area contributed by atoms with Gasteiger partial charge in [0.1, 0.15) is 5.75 Å². The van der Waals surface area contributed by atoms with Crippen LogP contribution in [0.2, 0.25) is 0 Å². The molecule has 0 fully saturated rings. The summed E-state index contributed by atoms with van der Waals surface area (Å²) < 4.78 is 6.33. The van der Waals surface area contributed by atoms with Crippen LogP contribution in [-0.2, 0) is 9.59 Å². The van der Waals surface area contributed by atoms with Gasteiger partial charge in [0.25, 0.3) is 0 Å². The van der Waals surface area contributed by atoms with E-state index < -0.39 is 0 Å². The van der Waals surface area contributed by atoms with Crippen molar-refractivity contribution in [1.29, 1.82) is 0 Å². The molecule has 0 aromatic heterocycles. The molecule has 2 aromatic carbocycles. The summed E-state index contributed by atoms with van der Waals surface area (Å²) in [5.41, 5.74) is 5.73. The molecule has 1 heterocycles. The number of hydrogen-bond acceptors (Lipinski definition) is 4. The molecule has 0 spiro atoms. The van der Waals surface area contributed by atoms with E-state index in [9.17, 15) is 9.59 Å². The number of ketones is 2. The molecule has 4 nitrogen and oxygen atoms in total. The van der Waals surface area contributed by atoms with Gasteiger partial charge in [-0.15, -0.1) is 0 Å². The maximum absolute atomic E-state index is 13.3. The zero-order chi connectivity index (χ0) is 21.5. The summed E-state index contributed by atoms with van der Waals surface area (Å²) in [7, 11) is 1.64. The highest BCUT2D eigenvalue weighted by molar-refractivity contribution is 9.10. The summed E-state index contributed by atoms with van der Waals surface area (Å²) in [5.74, 6) is 0.802. The van der Waals surface area contributed by atoms with Gasteiger partial charge < -0.3 is 9.64 Å². The highest BCUT2D eigenvalue weighted by Crippen LogP contribution is 2.50. The molecule has 0 radical (unpaired) electrons. The van der Waals surface area contributed by atoms with Crippen molar-refractivity contribution < 1.29 is 14.3 Å². The molecule has 2 aliphatic carbocycles. The van der Waals surface area contributed by atoms with E-state index in [0.717, 1.165) is 69.7 Å². The van der Waals surface area contributed by atoms with Gasteiger partial charge in [-0.05, 0) is 67.6 Å². The lowest BCUT2D eigenvalue weighted by atomic mass is 9.71. The van der Waals surface area contributed by atoms with Crippen molar-refractivity contribution in [2.45, 2.75) is 44.4 Å². The van der Waals surface area contributed by atoms with Gasteiger partial charge >= 0.3 is 0 Å². The average molecular weight is 478 g/mol. The van der Waals surface area contributed by atoms with Crippen molar-refractivity contribution in [3.63, 3.8) is 0 Å². The predicted octanol–water partition coefficient (Wildman–Crippen LogP) is 6.08. The van der Waals surface area contributed by atoms with E-state index in [1.54, 1.807) is 7.11 Å². The van der Waals surface area contributed by atoms with Crippen LogP contribution in [-0.4, -0.2) is 18.7 Å². The third kappa shape index (κ3) is 3.45. The molecule has 2 aromatic rings. The Morgan fingerprint density at radius 1 is 0.806 bits per heavy atom. The van der Waals surface area contributed by atoms with Crippen LogP contribution >= 0.6 is 15.9 Å². The van der Waals surface area contributed by atoms with Crippen molar-refractivity contribution in [3.8, 4) is 5.75 Å². The second-order valence-electron chi connectivity index (χ2n) is 8.29. The van der Waals surface area contributed by atoms with Crippen LogP contribution in [0.5, 0.6) is 5.75 Å². The summed E-state index contributed by atoms with van der Waals surface area (Å²) in [6, 6.07) is 16.0. The lowest BCUT2D eigenvalue weighted by Crippen LogP contribution is -2.39. The lowest BCUT2D eigenvalue weighted by molar-refractivity contribution is -0.116. The minimum absolute atomic E-state index is 0.161. The quantitative estimate of drug-likeness (QED) is 0.537. The van der Waals surface area contributed by atoms with Gasteiger partial charge in [-0.25, -0.2) is 0 Å². The molecular formula is C26H24BrNO3. The number of carbonyl (C=O) groups excluding carboxylic acids is 2. The Bertz CT molecular complexity index is 1070. The second-order valence-corrected chi connectivity index (χ2v) is 9.21. The van der Waals surface area contributed by atoms with Crippen LogP contribution in [0, 0.1) is 0 Å². The van der Waals surface area contributed by atoms with Crippen LogP contribution in [0.3, 0.4) is 0 Å². The third-order valence-electron chi connectivity index (χ3n) is 6.51. The molecule has 0 saturated heterocycles. The Labute approximate surface area is 190 Å². The Morgan fingerprint density at radius 3 is 1.87 bits per heavy atom. The molecule has 0 unspecified atom stereocenters. The van der Waals surface area contributed by atoms with E-state index in [0.29, 0.717) is 12.8 Å². The highest BCUT2D eigenvalue weighted by Gasteiger charge is 2.43. The van der Waals surface area contributed by atoms with Gasteiger partial charge in [0.05, 0.1) is 7.11 Å². The molecule has 0 atom stereocenters. The normalized spacial score (nSPS) is 19.5. The number of benzene rings is 2. The fourth-order valence-corrected chi connectivity index (χ4v) is 5.42. The molecule has 0 saturated carbocycles. The summed E-state index contributed by atoms with van der Waals surface area (Å²) in [6.07, 6.45) is 4.45. The van der Waals surface area contributed by atoms with E-state index in [-0.39, 0.29) is 17.5 Å². The molecule has 158 valence electrons. The predicted molar refractivity (Wildman–Crippen MR) is 124 cm³/mol. The number of carbonyl (C=O) groups is 2. The van der Waals surface area contributed by atoms with E-state index in [4.69, 9.17) is 4.74 Å². The van der Waals surface area contributed by atoms with Gasteiger partial charge in [0.15, 0.2) is 11.6 Å². The maximum atomic E-state index is 13.3. The topological polar surface area (TPSA) is 46.6 Å². The Morgan fingerprint density at radius 2 is 1.35 bits per heavy atom. The van der Waals surface area contributed by atoms with E-state index >= 15 is 0 Å². The van der Waals surface area contributed by atoms with Crippen molar-refractivity contribution >= 4 is 33.2 Å². The Hall–Kier alpha value is -2.66. The van der Waals surface area contributed by atoms with E-state index in [2.05, 4.69) is 33.0 Å². The number of methoxy groups -OCH3 is 1. The lowest BCUT2D eigenvalue weighted by Gasteiger charge is -2.44. The standard InChI is InChI=1S/C26H24BrNO3/c1-31-19-14-8-16(9-15-19)24-25-20(4-2-6-22(25)29)28(18-12-10-17(27)11-13-18)21-5-3-7-23(30)26(21)24/h8-15,24H,2-7H2,1H3. The smallest absolute Gasteiger partial charge is 0.161 e. The summed E-state index contributed by atoms with van der Waals surface area (Å²) in [6.45, 7) is 0. The first kappa shape index (κ1) is 20.3. The molecular weight excluding hydrogens is 454 g/mol. The average Bonchev–Trinajstić information content (AvgIpc) is 2.79. The first-order valence-corrected chi connectivity index (χ1v) is 11.6. The fraction of sp³-hybridized carbons (Fsp3) is 0.308. The van der Waals surface area contributed by atoms with Crippen LogP contribution in [0.1, 0.15) is 50.0 Å². The monoisotopic (exact) mass is 477 g/mol. The van der Waals surface area contributed by atoms with Crippen LogP contribution in [0.4, 0.5) is 5.69 Å². The number of rotatable bonds is 3. The minimum Gasteiger partial charge on any atom is -0.497 e. The maximum Gasteiger partial charge on any atom is 0.161 e. The Kier molecular flexibility index (Phi) is 5.30. The largest absolute Gasteiger partial charge is 0.497 e. The molecule has 0 N–H and O–H groups in total. The van der Waals surface area contributed by atoms with Crippen molar-refractivity contribution in [3.05, 3.63) is 81.1 Å². The van der Waals surface area contributed by atoms with Crippen molar-refractivity contribution in [2.24, 2.45) is 0 Å². The van der Waals surface area contributed by atoms with Crippen LogP contribution < -0.4 is 9.64 Å². The zero-order valence-corrected chi connectivity index (χ0v) is 19.1. The third-order valence-corrected chi connectivity index (χ3v) is 7.04. The van der Waals surface area contributed by atoms with E-state index in [1.807, 2.05) is 36.4 Å². The molecule has 3 aliphatic rings. The summed E-state index contributed by atoms with van der Waals surface area (Å²) in [5, 5.41) is 0. The Balaban J connectivity index is 1.75. The van der Waals surface area contributed by atoms with Crippen LogP contribution in [0.25, 0.3) is 0 Å². The van der Waals surface area contributed by atoms with Gasteiger partial charge in [0, 0.05) is 51.5 Å². The summed E-state index contributed by atoms with van der Waals surface area (Å²) >= 11 is 3.52. The summed E-state index contributed by atoms with van der Waals surface area (Å²) in [4.78, 5) is 28.8. The van der Waals surface area contributed by atoms with Gasteiger partial charge in [-0.2, -0.15) is 0 Å². The number of halogens is 1. The molecule has 1 aliphatic heterocycles. The van der Waals surface area contributed by atoms with Gasteiger partial charge in [-0.1, -0.05) is 28.1 Å². The molecule has 31 heavy (non-hydrogen) atoms. The first-order chi connectivity index (χ1) is 15.1. The molecule has 0 bridgehead atoms. The van der Waals surface area contributed by atoms with Crippen LogP contribution in [0.15, 0.2) is 75.5 Å². The van der Waals surface area contributed by atoms with E-state index in [1.165, 1.54) is 0 Å². The molecule has 5 heteroatoms. The van der Waals surface area contributed by atoms with Gasteiger partial charge in [-0.3, -0.25) is 9.59 Å². The number of nitrogens with zero attached hydrogens (tertiary/aromatic N) is 1. The number of hydrogen-bond donors (Lipinski definition) is 0. The number of ether oxygens (including phenoxy) is 1. The molecule has 0 amide bonds. The zero-order valence-electron chi connectivity index (χ0n) is 17.5. The number of anilines is 1. The highest BCUT2D eigenvalue weighted by atomic mass is 79.9. The van der Waals surface area contributed by atoms with Gasteiger partial charge in [0.2, 0.25) is 0 Å². The second kappa shape index (κ2) is 8.12. The molecule has 5 rings (SSSR count). The first-order valence-electron chi connectivity index (χ1n) is 10.8. The van der Waals surface area contributed by atoms with Crippen molar-refractivity contribution in [1.82, 2.24) is 0 Å².